The highest BCUT2D eigenvalue weighted by molar-refractivity contribution is 6.36. The van der Waals surface area contributed by atoms with Crippen molar-refractivity contribution in [2.75, 3.05) is 0 Å². The molecule has 0 amide bonds. The number of fused-ring (bicyclic) bond motifs is 11. The van der Waals surface area contributed by atoms with Crippen molar-refractivity contribution >= 4 is 60.6 Å². The SMILES string of the molecule is CC=CC=CC(C)C1=CC=CC(n2c(C=CC)c(C)c3c2c2c4ccccc4n(C4C=CC=C(C5(C)C=CC=CC5)C4)c2c2c4ccccc4n(-c4cccc(-c5ccccc5)c4)c32)C2CC12. The molecule has 4 aliphatic carbocycles. The lowest BCUT2D eigenvalue weighted by Crippen LogP contribution is -2.21. The third kappa shape index (κ3) is 6.53. The van der Waals surface area contributed by atoms with Crippen molar-refractivity contribution in [1.29, 1.82) is 0 Å². The predicted octanol–water partition coefficient (Wildman–Crippen LogP) is 17.2. The maximum atomic E-state index is 2.80. The number of aryl methyl sites for hydroxylation is 1. The smallest absolute Gasteiger partial charge is 0.0659 e. The van der Waals surface area contributed by atoms with Crippen molar-refractivity contribution in [3.8, 4) is 16.8 Å². The van der Waals surface area contributed by atoms with Gasteiger partial charge in [-0.1, -0.05) is 195 Å². The molecule has 0 spiro atoms. The highest BCUT2D eigenvalue weighted by Crippen LogP contribution is 2.58. The largest absolute Gasteiger partial charge is 0.333 e. The summed E-state index contributed by atoms with van der Waals surface area (Å²) in [6.07, 6.45) is 40.4. The quantitative estimate of drug-likeness (QED) is 0.128. The maximum absolute atomic E-state index is 2.80. The molecule has 3 nitrogen and oxygen atoms in total. The lowest BCUT2D eigenvalue weighted by molar-refractivity contribution is 0.465. The van der Waals surface area contributed by atoms with Gasteiger partial charge in [-0.2, -0.15) is 0 Å². The van der Waals surface area contributed by atoms with Gasteiger partial charge in [0.15, 0.2) is 0 Å². The number of rotatable bonds is 9. The van der Waals surface area contributed by atoms with E-state index in [2.05, 4.69) is 249 Å². The molecule has 0 aliphatic heterocycles. The minimum atomic E-state index is -0.0222. The average molecular weight is 870 g/mol. The average Bonchev–Trinajstić information content (AvgIpc) is 3.91. The van der Waals surface area contributed by atoms with Crippen LogP contribution in [0.4, 0.5) is 0 Å². The third-order valence-electron chi connectivity index (χ3n) is 15.7. The molecule has 12 rings (SSSR count). The Morgan fingerprint density at radius 3 is 2.21 bits per heavy atom. The van der Waals surface area contributed by atoms with Crippen LogP contribution in [0.5, 0.6) is 0 Å². The van der Waals surface area contributed by atoms with Gasteiger partial charge in [-0.3, -0.25) is 0 Å². The van der Waals surface area contributed by atoms with Crippen LogP contribution in [0.1, 0.15) is 70.3 Å². The highest BCUT2D eigenvalue weighted by atomic mass is 15.1. The monoisotopic (exact) mass is 869 g/mol. The van der Waals surface area contributed by atoms with E-state index in [0.717, 1.165) is 12.8 Å². The lowest BCUT2D eigenvalue weighted by Gasteiger charge is -2.34. The minimum absolute atomic E-state index is 0.0222. The zero-order valence-electron chi connectivity index (χ0n) is 39.4. The fraction of sp³-hybridized carbons (Fsp3) is 0.219. The van der Waals surface area contributed by atoms with Crippen LogP contribution in [0.15, 0.2) is 205 Å². The van der Waals surface area contributed by atoms with Gasteiger partial charge >= 0.3 is 0 Å². The van der Waals surface area contributed by atoms with Gasteiger partial charge in [0.05, 0.1) is 34.2 Å². The molecule has 6 unspecified atom stereocenters. The van der Waals surface area contributed by atoms with Gasteiger partial charge in [0.1, 0.15) is 0 Å². The number of benzene rings is 5. The van der Waals surface area contributed by atoms with Gasteiger partial charge in [-0.15, -0.1) is 0 Å². The van der Waals surface area contributed by atoms with Gasteiger partial charge in [-0.05, 0) is 105 Å². The van der Waals surface area contributed by atoms with Crippen LogP contribution in [0.25, 0.3) is 77.4 Å². The molecule has 3 heteroatoms. The Labute approximate surface area is 395 Å². The molecule has 0 N–H and O–H groups in total. The van der Waals surface area contributed by atoms with E-state index in [1.165, 1.54) is 94.6 Å². The second-order valence-electron chi connectivity index (χ2n) is 19.7. The van der Waals surface area contributed by atoms with Crippen molar-refractivity contribution in [3.05, 3.63) is 217 Å². The van der Waals surface area contributed by atoms with Crippen LogP contribution in [0.2, 0.25) is 0 Å². The molecule has 330 valence electrons. The Hall–Kier alpha value is -7.10. The fourth-order valence-corrected chi connectivity index (χ4v) is 12.4. The predicted molar refractivity (Wildman–Crippen MR) is 287 cm³/mol. The second-order valence-corrected chi connectivity index (χ2v) is 19.7. The normalized spacial score (nSPS) is 23.2. The Morgan fingerprint density at radius 2 is 1.42 bits per heavy atom. The second kappa shape index (κ2) is 16.3. The van der Waals surface area contributed by atoms with Gasteiger partial charge in [0.25, 0.3) is 0 Å². The first-order valence-electron chi connectivity index (χ1n) is 24.6. The summed E-state index contributed by atoms with van der Waals surface area (Å²) in [6.45, 7) is 11.5. The number of aromatic nitrogens is 3. The molecule has 8 aromatic rings. The van der Waals surface area contributed by atoms with Crippen LogP contribution >= 0.6 is 0 Å². The van der Waals surface area contributed by atoms with E-state index >= 15 is 0 Å². The van der Waals surface area contributed by atoms with E-state index in [0.29, 0.717) is 17.8 Å². The van der Waals surface area contributed by atoms with Gasteiger partial charge in [0, 0.05) is 49.2 Å². The van der Waals surface area contributed by atoms with Crippen molar-refractivity contribution < 1.29 is 0 Å². The molecule has 6 atom stereocenters. The molecule has 0 bridgehead atoms. The number of hydrogen-bond donors (Lipinski definition) is 0. The Balaban J connectivity index is 1.21. The summed E-state index contributed by atoms with van der Waals surface area (Å²) in [4.78, 5) is 0. The summed E-state index contributed by atoms with van der Waals surface area (Å²) in [5, 5.41) is 6.64. The standard InChI is InChI=1S/C64H59N3/c1-6-8-11-24-42(3)49-33-22-36-57(53-41-52(49)53)67-54(23-7-2)43(4)58-61-59(50-31-14-16-34-55(50)65(61)47-29-20-27-45(39-47)44-25-12-9-13-26-44)63-60(62(58)67)51-32-15-17-35-56(51)66(63)48-30-21-28-46(40-48)64(5)37-18-10-19-38-64/h6-37,39,42,48,52-53,57H,38,40-41H2,1-5H3. The summed E-state index contributed by atoms with van der Waals surface area (Å²) in [5.41, 5.74) is 15.7. The Kier molecular flexibility index (Phi) is 10.1. The number of nitrogens with zero attached hydrogens (tertiary/aromatic N) is 3. The van der Waals surface area contributed by atoms with Gasteiger partial charge in [0.2, 0.25) is 0 Å². The summed E-state index contributed by atoms with van der Waals surface area (Å²) < 4.78 is 8.16. The van der Waals surface area contributed by atoms with E-state index in [-0.39, 0.29) is 17.5 Å². The molecule has 1 saturated carbocycles. The topological polar surface area (TPSA) is 14.8 Å². The van der Waals surface area contributed by atoms with E-state index < -0.39 is 0 Å². The first-order chi connectivity index (χ1) is 32.9. The summed E-state index contributed by atoms with van der Waals surface area (Å²) >= 11 is 0. The van der Waals surface area contributed by atoms with Crippen molar-refractivity contribution in [1.82, 2.24) is 13.7 Å². The molecule has 3 aromatic heterocycles. The molecule has 0 radical (unpaired) electrons. The number of allylic oxidation sites excluding steroid dienone is 17. The van der Waals surface area contributed by atoms with Crippen LogP contribution in [0.3, 0.4) is 0 Å². The van der Waals surface area contributed by atoms with E-state index in [1.807, 2.05) is 0 Å². The lowest BCUT2D eigenvalue weighted by atomic mass is 9.73. The first-order valence-corrected chi connectivity index (χ1v) is 24.6. The van der Waals surface area contributed by atoms with Crippen LogP contribution in [0, 0.1) is 30.1 Å². The van der Waals surface area contributed by atoms with Gasteiger partial charge in [-0.25, -0.2) is 0 Å². The molecule has 1 fully saturated rings. The minimum Gasteiger partial charge on any atom is -0.333 e. The first kappa shape index (κ1) is 41.3. The van der Waals surface area contributed by atoms with E-state index in [4.69, 9.17) is 0 Å². The summed E-state index contributed by atoms with van der Waals surface area (Å²) in [5.74, 6) is 1.42. The molecular formula is C64H59N3. The van der Waals surface area contributed by atoms with Crippen molar-refractivity contribution in [2.24, 2.45) is 23.2 Å². The number of para-hydroxylation sites is 2. The third-order valence-corrected chi connectivity index (χ3v) is 15.7. The van der Waals surface area contributed by atoms with Crippen LogP contribution in [-0.2, 0) is 0 Å². The maximum Gasteiger partial charge on any atom is 0.0659 e. The molecule has 3 heterocycles. The Bertz CT molecular complexity index is 3580. The van der Waals surface area contributed by atoms with E-state index in [9.17, 15) is 0 Å². The molecule has 4 aliphatic rings. The molecule has 67 heavy (non-hydrogen) atoms. The number of hydrogen-bond acceptors (Lipinski definition) is 0. The zero-order valence-corrected chi connectivity index (χ0v) is 39.4. The van der Waals surface area contributed by atoms with E-state index in [1.54, 1.807) is 5.57 Å². The fourth-order valence-electron chi connectivity index (χ4n) is 12.4. The van der Waals surface area contributed by atoms with Crippen LogP contribution < -0.4 is 0 Å². The Morgan fingerprint density at radius 1 is 0.687 bits per heavy atom. The van der Waals surface area contributed by atoms with Crippen molar-refractivity contribution in [2.45, 2.75) is 66.0 Å². The van der Waals surface area contributed by atoms with Crippen LogP contribution in [-0.4, -0.2) is 13.7 Å². The van der Waals surface area contributed by atoms with Gasteiger partial charge < -0.3 is 13.7 Å². The molecule has 5 aromatic carbocycles. The van der Waals surface area contributed by atoms with Crippen molar-refractivity contribution in [3.63, 3.8) is 0 Å². The summed E-state index contributed by atoms with van der Waals surface area (Å²) in [7, 11) is 0. The zero-order chi connectivity index (χ0) is 45.4. The molecular weight excluding hydrogens is 811 g/mol. The summed E-state index contributed by atoms with van der Waals surface area (Å²) in [6, 6.07) is 38.9. The highest BCUT2D eigenvalue weighted by Gasteiger charge is 2.47. The molecule has 0 saturated heterocycles.